The standard InChI is InChI=1S/C23H19BrCl4N2O5/c1-11-9-12(6-7-13(11)24)29-14(31)10-35-15(32)5-3-2-4-8-30-22(33)16-17(23(30)34)19(26)21(28)20(27)18(16)25/h6-7,9H,2-5,8,10H2,1H3,(H,29,31). The van der Waals surface area contributed by atoms with Gasteiger partial charge >= 0.3 is 5.97 Å². The second kappa shape index (κ2) is 11.9. The van der Waals surface area contributed by atoms with Gasteiger partial charge in [0.1, 0.15) is 0 Å². The molecule has 12 heteroatoms. The maximum atomic E-state index is 12.7. The Labute approximate surface area is 230 Å². The van der Waals surface area contributed by atoms with Crippen molar-refractivity contribution in [2.45, 2.75) is 32.6 Å². The van der Waals surface area contributed by atoms with Gasteiger partial charge in [-0.25, -0.2) is 0 Å². The molecule has 0 radical (unpaired) electrons. The number of ether oxygens (including phenoxy) is 1. The smallest absolute Gasteiger partial charge is 0.306 e. The summed E-state index contributed by atoms with van der Waals surface area (Å²) in [7, 11) is 0. The predicted molar refractivity (Wildman–Crippen MR) is 139 cm³/mol. The van der Waals surface area contributed by atoms with Gasteiger partial charge in [0, 0.05) is 23.1 Å². The van der Waals surface area contributed by atoms with Crippen LogP contribution >= 0.6 is 62.3 Å². The van der Waals surface area contributed by atoms with E-state index in [0.29, 0.717) is 24.9 Å². The molecule has 0 spiro atoms. The number of carbonyl (C=O) groups is 4. The maximum absolute atomic E-state index is 12.7. The highest BCUT2D eigenvalue weighted by Gasteiger charge is 2.41. The largest absolute Gasteiger partial charge is 0.456 e. The SMILES string of the molecule is Cc1cc(NC(=O)COC(=O)CCCCCN2C(=O)c3c(Cl)c(Cl)c(Cl)c(Cl)c3C2=O)ccc1Br. The molecule has 0 bridgehead atoms. The van der Waals surface area contributed by atoms with E-state index in [1.165, 1.54) is 0 Å². The number of amides is 3. The van der Waals surface area contributed by atoms with Crippen LogP contribution in [0.15, 0.2) is 22.7 Å². The summed E-state index contributed by atoms with van der Waals surface area (Å²) < 4.78 is 5.92. The Kier molecular flexibility index (Phi) is 9.46. The van der Waals surface area contributed by atoms with Crippen LogP contribution in [0, 0.1) is 6.92 Å². The van der Waals surface area contributed by atoms with E-state index in [2.05, 4.69) is 21.2 Å². The second-order valence-corrected chi connectivity index (χ2v) is 10.1. The van der Waals surface area contributed by atoms with Gasteiger partial charge < -0.3 is 10.1 Å². The molecule has 0 unspecified atom stereocenters. The molecule has 1 aliphatic rings. The first-order valence-corrected chi connectivity index (χ1v) is 12.8. The van der Waals surface area contributed by atoms with Gasteiger partial charge in [0.15, 0.2) is 6.61 Å². The molecule has 0 aromatic heterocycles. The van der Waals surface area contributed by atoms with Crippen LogP contribution < -0.4 is 5.32 Å². The molecule has 0 saturated carbocycles. The van der Waals surface area contributed by atoms with Gasteiger partial charge in [-0.1, -0.05) is 68.8 Å². The Morgan fingerprint density at radius 3 is 2.11 bits per heavy atom. The monoisotopic (exact) mass is 622 g/mol. The Morgan fingerprint density at radius 1 is 0.943 bits per heavy atom. The van der Waals surface area contributed by atoms with Crippen LogP contribution in [0.4, 0.5) is 5.69 Å². The third kappa shape index (κ3) is 6.30. The summed E-state index contributed by atoms with van der Waals surface area (Å²) in [4.78, 5) is 50.3. The first-order valence-electron chi connectivity index (χ1n) is 10.5. The normalized spacial score (nSPS) is 12.7. The van der Waals surface area contributed by atoms with Crippen LogP contribution in [0.5, 0.6) is 0 Å². The number of nitrogens with zero attached hydrogens (tertiary/aromatic N) is 1. The minimum absolute atomic E-state index is 0.0591. The highest BCUT2D eigenvalue weighted by Crippen LogP contribution is 2.44. The van der Waals surface area contributed by atoms with E-state index in [4.69, 9.17) is 51.1 Å². The van der Waals surface area contributed by atoms with Crippen molar-refractivity contribution in [2.75, 3.05) is 18.5 Å². The van der Waals surface area contributed by atoms with E-state index in [1.807, 2.05) is 13.0 Å². The van der Waals surface area contributed by atoms with Crippen LogP contribution in [-0.2, 0) is 14.3 Å². The number of nitrogens with one attached hydrogen (secondary N) is 1. The van der Waals surface area contributed by atoms with E-state index in [0.717, 1.165) is 14.9 Å². The van der Waals surface area contributed by atoms with Crippen LogP contribution in [0.1, 0.15) is 52.0 Å². The molecule has 186 valence electrons. The molecule has 3 amide bonds. The highest BCUT2D eigenvalue weighted by molar-refractivity contribution is 9.10. The first-order chi connectivity index (χ1) is 16.5. The van der Waals surface area contributed by atoms with Gasteiger partial charge in [-0.2, -0.15) is 0 Å². The zero-order valence-corrected chi connectivity index (χ0v) is 23.0. The summed E-state index contributed by atoms with van der Waals surface area (Å²) in [5.41, 5.74) is 1.44. The number of anilines is 1. The minimum Gasteiger partial charge on any atom is -0.456 e. The van der Waals surface area contributed by atoms with E-state index < -0.39 is 30.3 Å². The van der Waals surface area contributed by atoms with Crippen molar-refractivity contribution in [2.24, 2.45) is 0 Å². The molecular weight excluding hydrogens is 606 g/mol. The minimum atomic E-state index is -0.596. The maximum Gasteiger partial charge on any atom is 0.306 e. The van der Waals surface area contributed by atoms with E-state index in [9.17, 15) is 19.2 Å². The molecule has 0 fully saturated rings. The zero-order valence-electron chi connectivity index (χ0n) is 18.4. The molecule has 3 rings (SSSR count). The lowest BCUT2D eigenvalue weighted by Crippen LogP contribution is -2.30. The zero-order chi connectivity index (χ0) is 25.9. The number of halogens is 5. The number of fused-ring (bicyclic) bond motifs is 1. The lowest BCUT2D eigenvalue weighted by atomic mass is 10.1. The molecule has 2 aromatic carbocycles. The summed E-state index contributed by atoms with van der Waals surface area (Å²) in [6, 6.07) is 5.34. The number of imide groups is 1. The van der Waals surface area contributed by atoms with Gasteiger partial charge in [0.2, 0.25) is 0 Å². The number of carbonyl (C=O) groups excluding carboxylic acids is 4. The Bertz CT molecular complexity index is 1170. The fourth-order valence-electron chi connectivity index (χ4n) is 3.45. The molecule has 0 aliphatic carbocycles. The third-order valence-electron chi connectivity index (χ3n) is 5.25. The number of unbranched alkanes of at least 4 members (excludes halogenated alkanes) is 2. The van der Waals surface area contributed by atoms with Crippen LogP contribution in [-0.4, -0.2) is 41.7 Å². The van der Waals surface area contributed by atoms with Crippen molar-refractivity contribution in [1.29, 1.82) is 0 Å². The number of rotatable bonds is 9. The van der Waals surface area contributed by atoms with Crippen LogP contribution in [0.25, 0.3) is 0 Å². The van der Waals surface area contributed by atoms with E-state index in [-0.39, 0.29) is 44.2 Å². The summed E-state index contributed by atoms with van der Waals surface area (Å²) in [5.74, 6) is -2.15. The predicted octanol–water partition coefficient (Wildman–Crippen LogP) is 6.71. The van der Waals surface area contributed by atoms with E-state index in [1.54, 1.807) is 12.1 Å². The molecule has 2 aromatic rings. The fourth-order valence-corrected chi connectivity index (χ4v) is 4.71. The van der Waals surface area contributed by atoms with Crippen molar-refractivity contribution in [3.8, 4) is 0 Å². The van der Waals surface area contributed by atoms with Crippen molar-refractivity contribution < 1.29 is 23.9 Å². The Balaban J connectivity index is 1.40. The number of hydrogen-bond acceptors (Lipinski definition) is 5. The molecule has 1 heterocycles. The number of esters is 1. The Morgan fingerprint density at radius 2 is 1.54 bits per heavy atom. The number of benzene rings is 2. The van der Waals surface area contributed by atoms with Crippen molar-refractivity contribution >= 4 is 91.7 Å². The quantitative estimate of drug-likeness (QED) is 0.110. The summed E-state index contributed by atoms with van der Waals surface area (Å²) in [6.45, 7) is 1.61. The van der Waals surface area contributed by atoms with E-state index >= 15 is 0 Å². The average molecular weight is 625 g/mol. The molecular formula is C23H19BrCl4N2O5. The molecule has 1 aliphatic heterocycles. The van der Waals surface area contributed by atoms with Gasteiger partial charge in [-0.3, -0.25) is 24.1 Å². The fraction of sp³-hybridized carbons (Fsp3) is 0.304. The Hall–Kier alpha value is -1.84. The number of aryl methyl sites for hydroxylation is 1. The molecule has 35 heavy (non-hydrogen) atoms. The first kappa shape index (κ1) is 27.7. The average Bonchev–Trinajstić information content (AvgIpc) is 3.07. The van der Waals surface area contributed by atoms with Crippen molar-refractivity contribution in [1.82, 2.24) is 4.90 Å². The molecule has 7 nitrogen and oxygen atoms in total. The van der Waals surface area contributed by atoms with Gasteiger partial charge in [0.25, 0.3) is 17.7 Å². The lowest BCUT2D eigenvalue weighted by Gasteiger charge is -2.13. The molecule has 0 saturated heterocycles. The van der Waals surface area contributed by atoms with Gasteiger partial charge in [-0.15, -0.1) is 0 Å². The molecule has 0 atom stereocenters. The van der Waals surface area contributed by atoms with Crippen molar-refractivity contribution in [3.63, 3.8) is 0 Å². The summed E-state index contributed by atoms with van der Waals surface area (Å²) in [6.07, 6.45) is 1.53. The van der Waals surface area contributed by atoms with Gasteiger partial charge in [-0.05, 0) is 43.5 Å². The lowest BCUT2D eigenvalue weighted by molar-refractivity contribution is -0.147. The topological polar surface area (TPSA) is 92.8 Å². The highest BCUT2D eigenvalue weighted by atomic mass is 79.9. The van der Waals surface area contributed by atoms with Crippen LogP contribution in [0.3, 0.4) is 0 Å². The number of hydrogen-bond donors (Lipinski definition) is 1. The summed E-state index contributed by atoms with van der Waals surface area (Å²) in [5, 5.41) is 2.27. The second-order valence-electron chi connectivity index (χ2n) is 7.75. The summed E-state index contributed by atoms with van der Waals surface area (Å²) >= 11 is 27.6. The third-order valence-corrected chi connectivity index (χ3v) is 7.95. The van der Waals surface area contributed by atoms with Crippen LogP contribution in [0.2, 0.25) is 20.1 Å². The molecule has 1 N–H and O–H groups in total. The van der Waals surface area contributed by atoms with Gasteiger partial charge in [0.05, 0.1) is 31.2 Å². The van der Waals surface area contributed by atoms with Crippen molar-refractivity contribution in [3.05, 3.63) is 59.5 Å².